The lowest BCUT2D eigenvalue weighted by atomic mass is 10.0. The molecule has 0 fully saturated rings. The van der Waals surface area contributed by atoms with Crippen molar-refractivity contribution in [2.24, 2.45) is 0 Å². The first kappa shape index (κ1) is 15.3. The fraction of sp³-hybridized carbons (Fsp3) is 0.444. The van der Waals surface area contributed by atoms with Crippen LogP contribution in [-0.4, -0.2) is 6.54 Å². The zero-order valence-electron chi connectivity index (χ0n) is 12.6. The van der Waals surface area contributed by atoms with Gasteiger partial charge in [-0.3, -0.25) is 0 Å². The summed E-state index contributed by atoms with van der Waals surface area (Å²) in [6, 6.07) is 15.9. The van der Waals surface area contributed by atoms with Crippen molar-refractivity contribution in [1.82, 2.24) is 5.32 Å². The highest BCUT2D eigenvalue weighted by Gasteiger charge is 2.12. The van der Waals surface area contributed by atoms with E-state index in [9.17, 15) is 0 Å². The second kappa shape index (κ2) is 8.23. The predicted molar refractivity (Wildman–Crippen MR) is 89.5 cm³/mol. The summed E-state index contributed by atoms with van der Waals surface area (Å²) in [6.07, 6.45) is 4.77. The van der Waals surface area contributed by atoms with Crippen LogP contribution in [0.2, 0.25) is 0 Å². The monoisotopic (exact) mass is 287 g/mol. The van der Waals surface area contributed by atoms with Gasteiger partial charge in [-0.2, -0.15) is 0 Å². The van der Waals surface area contributed by atoms with E-state index >= 15 is 0 Å². The minimum absolute atomic E-state index is 0.522. The second-order valence-corrected chi connectivity index (χ2v) is 6.35. The Hall–Kier alpha value is -1.12. The molecule has 108 valence electrons. The number of thiophene rings is 1. The molecule has 0 bridgehead atoms. The summed E-state index contributed by atoms with van der Waals surface area (Å²) in [5.41, 5.74) is 1.45. The molecule has 1 N–H and O–H groups in total. The number of nitrogens with one attached hydrogen (secondary N) is 1. The summed E-state index contributed by atoms with van der Waals surface area (Å²) in [6.45, 7) is 5.46. The third kappa shape index (κ3) is 4.46. The maximum absolute atomic E-state index is 3.63. The van der Waals surface area contributed by atoms with Crippen molar-refractivity contribution in [3.63, 3.8) is 0 Å². The zero-order valence-corrected chi connectivity index (χ0v) is 13.4. The average Bonchev–Trinajstić information content (AvgIpc) is 2.96. The first-order valence-corrected chi connectivity index (χ1v) is 8.51. The summed E-state index contributed by atoms with van der Waals surface area (Å²) in [4.78, 5) is 2.99. The molecule has 1 aromatic heterocycles. The van der Waals surface area contributed by atoms with Gasteiger partial charge in [0.2, 0.25) is 0 Å². The molecule has 2 rings (SSSR count). The quantitative estimate of drug-likeness (QED) is 0.721. The van der Waals surface area contributed by atoms with Gasteiger partial charge in [0.25, 0.3) is 0 Å². The molecule has 20 heavy (non-hydrogen) atoms. The van der Waals surface area contributed by atoms with Crippen molar-refractivity contribution >= 4 is 11.3 Å². The Morgan fingerprint density at radius 2 is 1.85 bits per heavy atom. The largest absolute Gasteiger partial charge is 0.310 e. The summed E-state index contributed by atoms with van der Waals surface area (Å²) in [5.74, 6) is 0. The Morgan fingerprint density at radius 1 is 1.05 bits per heavy atom. The van der Waals surface area contributed by atoms with Crippen LogP contribution >= 0.6 is 11.3 Å². The highest BCUT2D eigenvalue weighted by Crippen LogP contribution is 2.27. The molecular formula is C18H25NS. The molecule has 0 saturated heterocycles. The van der Waals surface area contributed by atoms with Gasteiger partial charge < -0.3 is 5.32 Å². The van der Waals surface area contributed by atoms with Crippen molar-refractivity contribution < 1.29 is 0 Å². The number of hydrogen-bond donors (Lipinski definition) is 1. The van der Waals surface area contributed by atoms with E-state index in [2.05, 4.69) is 61.6 Å². The molecule has 1 aromatic carbocycles. The number of rotatable bonds is 8. The van der Waals surface area contributed by atoms with E-state index in [-0.39, 0.29) is 0 Å². The third-order valence-electron chi connectivity index (χ3n) is 3.63. The van der Waals surface area contributed by atoms with Gasteiger partial charge in [0, 0.05) is 15.8 Å². The lowest BCUT2D eigenvalue weighted by Crippen LogP contribution is -2.20. The van der Waals surface area contributed by atoms with Crippen molar-refractivity contribution in [1.29, 1.82) is 0 Å². The maximum atomic E-state index is 3.63. The van der Waals surface area contributed by atoms with Crippen LogP contribution in [0.5, 0.6) is 0 Å². The van der Waals surface area contributed by atoms with Crippen LogP contribution in [-0.2, 0) is 12.8 Å². The molecule has 1 unspecified atom stereocenters. The Labute approximate surface area is 127 Å². The molecule has 0 aliphatic heterocycles. The Kier molecular flexibility index (Phi) is 6.28. The predicted octanol–water partition coefficient (Wildman–Crippen LogP) is 4.98. The van der Waals surface area contributed by atoms with Gasteiger partial charge in [0.05, 0.1) is 0 Å². The maximum Gasteiger partial charge on any atom is 0.0414 e. The molecule has 1 atom stereocenters. The van der Waals surface area contributed by atoms with E-state index in [4.69, 9.17) is 0 Å². The van der Waals surface area contributed by atoms with Gasteiger partial charge in [-0.1, -0.05) is 44.2 Å². The zero-order chi connectivity index (χ0) is 14.2. The number of benzene rings is 1. The summed E-state index contributed by atoms with van der Waals surface area (Å²) in [5, 5.41) is 3.63. The molecule has 0 saturated carbocycles. The van der Waals surface area contributed by atoms with E-state index in [1.54, 1.807) is 0 Å². The van der Waals surface area contributed by atoms with Crippen LogP contribution < -0.4 is 5.32 Å². The fourth-order valence-corrected chi connectivity index (χ4v) is 3.58. The molecule has 0 amide bonds. The third-order valence-corrected chi connectivity index (χ3v) is 4.97. The van der Waals surface area contributed by atoms with E-state index in [0.29, 0.717) is 6.04 Å². The first-order chi connectivity index (χ1) is 9.83. The van der Waals surface area contributed by atoms with Crippen LogP contribution in [0.1, 0.15) is 48.0 Å². The highest BCUT2D eigenvalue weighted by molar-refractivity contribution is 7.12. The first-order valence-electron chi connectivity index (χ1n) is 7.69. The van der Waals surface area contributed by atoms with Gasteiger partial charge >= 0.3 is 0 Å². The van der Waals surface area contributed by atoms with Crippen molar-refractivity contribution in [2.45, 2.75) is 45.6 Å². The van der Waals surface area contributed by atoms with Gasteiger partial charge in [0.1, 0.15) is 0 Å². The highest BCUT2D eigenvalue weighted by atomic mass is 32.1. The van der Waals surface area contributed by atoms with Gasteiger partial charge in [-0.15, -0.1) is 11.3 Å². The van der Waals surface area contributed by atoms with E-state index in [1.165, 1.54) is 34.6 Å². The van der Waals surface area contributed by atoms with Crippen LogP contribution in [0, 0.1) is 0 Å². The molecule has 1 nitrogen and oxygen atoms in total. The summed E-state index contributed by atoms with van der Waals surface area (Å²) in [7, 11) is 0. The smallest absolute Gasteiger partial charge is 0.0414 e. The van der Waals surface area contributed by atoms with Crippen molar-refractivity contribution in [2.75, 3.05) is 6.54 Å². The Balaban J connectivity index is 1.89. The standard InChI is InChI=1S/C18H25NS/c1-3-16-13-14-18(20-16)17(19-4-2)12-8-11-15-9-6-5-7-10-15/h5-7,9-10,13-14,17,19H,3-4,8,11-12H2,1-2H3. The fourth-order valence-electron chi connectivity index (χ4n) is 2.52. The van der Waals surface area contributed by atoms with Crippen LogP contribution in [0.15, 0.2) is 42.5 Å². The van der Waals surface area contributed by atoms with Gasteiger partial charge in [-0.25, -0.2) is 0 Å². The summed E-state index contributed by atoms with van der Waals surface area (Å²) >= 11 is 1.96. The van der Waals surface area contributed by atoms with Crippen molar-refractivity contribution in [3.8, 4) is 0 Å². The molecular weight excluding hydrogens is 262 g/mol. The number of aryl methyl sites for hydroxylation is 2. The molecule has 0 radical (unpaired) electrons. The SMILES string of the molecule is CCNC(CCCc1ccccc1)c1ccc(CC)s1. The summed E-state index contributed by atoms with van der Waals surface area (Å²) < 4.78 is 0. The van der Waals surface area contributed by atoms with Crippen LogP contribution in [0.4, 0.5) is 0 Å². The number of hydrogen-bond acceptors (Lipinski definition) is 2. The lowest BCUT2D eigenvalue weighted by Gasteiger charge is -2.16. The van der Waals surface area contributed by atoms with E-state index in [0.717, 1.165) is 13.0 Å². The molecule has 0 aliphatic rings. The lowest BCUT2D eigenvalue weighted by molar-refractivity contribution is 0.505. The van der Waals surface area contributed by atoms with Gasteiger partial charge in [-0.05, 0) is 49.9 Å². The molecule has 0 spiro atoms. The minimum atomic E-state index is 0.522. The molecule has 0 aliphatic carbocycles. The van der Waals surface area contributed by atoms with Crippen LogP contribution in [0.25, 0.3) is 0 Å². The Morgan fingerprint density at radius 3 is 2.50 bits per heavy atom. The molecule has 1 heterocycles. The van der Waals surface area contributed by atoms with E-state index in [1.807, 2.05) is 11.3 Å². The average molecular weight is 287 g/mol. The molecule has 2 heteroatoms. The van der Waals surface area contributed by atoms with Crippen molar-refractivity contribution in [3.05, 3.63) is 57.8 Å². The van der Waals surface area contributed by atoms with Crippen LogP contribution in [0.3, 0.4) is 0 Å². The second-order valence-electron chi connectivity index (χ2n) is 5.15. The Bertz CT molecular complexity index is 489. The molecule has 2 aromatic rings. The minimum Gasteiger partial charge on any atom is -0.310 e. The van der Waals surface area contributed by atoms with Gasteiger partial charge in [0.15, 0.2) is 0 Å². The topological polar surface area (TPSA) is 12.0 Å². The normalized spacial score (nSPS) is 12.5. The van der Waals surface area contributed by atoms with E-state index < -0.39 is 0 Å².